The molecule has 2 aromatic rings. The number of imidazole rings is 1. The van der Waals surface area contributed by atoms with Gasteiger partial charge in [0.25, 0.3) is 5.82 Å². The van der Waals surface area contributed by atoms with Gasteiger partial charge in [-0.2, -0.15) is 0 Å². The molecular weight excluding hydrogens is 196 g/mol. The van der Waals surface area contributed by atoms with E-state index in [-0.39, 0.29) is 0 Å². The van der Waals surface area contributed by atoms with Gasteiger partial charge in [0.2, 0.25) is 0 Å². The van der Waals surface area contributed by atoms with E-state index in [1.807, 2.05) is 0 Å². The molecule has 2 nitrogen and oxygen atoms in total. The summed E-state index contributed by atoms with van der Waals surface area (Å²) in [6.07, 6.45) is 2.30. The number of H-pyrrole nitrogens is 1. The molecule has 1 aromatic carbocycles. The molecule has 0 spiro atoms. The first kappa shape index (κ1) is 11.2. The van der Waals surface area contributed by atoms with Crippen LogP contribution in [0.3, 0.4) is 0 Å². The minimum absolute atomic E-state index is 0.691. The van der Waals surface area contributed by atoms with Crippen molar-refractivity contribution >= 4 is 11.0 Å². The summed E-state index contributed by atoms with van der Waals surface area (Å²) >= 11 is 0. The van der Waals surface area contributed by atoms with Crippen molar-refractivity contribution in [3.8, 4) is 0 Å². The molecule has 0 fully saturated rings. The molecule has 86 valence electrons. The van der Waals surface area contributed by atoms with Crippen molar-refractivity contribution < 1.29 is 4.57 Å². The van der Waals surface area contributed by atoms with Gasteiger partial charge in [0, 0.05) is 0 Å². The Bertz CT molecular complexity index is 469. The van der Waals surface area contributed by atoms with E-state index in [2.05, 4.69) is 54.6 Å². The van der Waals surface area contributed by atoms with Gasteiger partial charge in [0.1, 0.15) is 0 Å². The highest BCUT2D eigenvalue weighted by Crippen LogP contribution is 2.11. The Morgan fingerprint density at radius 3 is 2.69 bits per heavy atom. The van der Waals surface area contributed by atoms with Crippen LogP contribution in [-0.2, 0) is 13.0 Å². The van der Waals surface area contributed by atoms with E-state index in [9.17, 15) is 0 Å². The van der Waals surface area contributed by atoms with E-state index in [1.54, 1.807) is 0 Å². The highest BCUT2D eigenvalue weighted by atomic mass is 15.1. The Kier molecular flexibility index (Phi) is 3.28. The standard InChI is InChI=1S/C14H20N2/c1-4-9-16-13-8-6-5-7-12(13)15-14(16)10-11(2)3/h5-8,11H,4,9-10H2,1-3H3/p+1. The Balaban J connectivity index is 2.49. The average molecular weight is 217 g/mol. The van der Waals surface area contributed by atoms with Crippen LogP contribution in [0, 0.1) is 5.92 Å². The molecule has 0 unspecified atom stereocenters. The van der Waals surface area contributed by atoms with Gasteiger partial charge in [-0.15, -0.1) is 0 Å². The third-order valence-corrected chi connectivity index (χ3v) is 2.85. The van der Waals surface area contributed by atoms with E-state index < -0.39 is 0 Å². The number of nitrogens with one attached hydrogen (secondary N) is 1. The molecule has 0 saturated heterocycles. The molecule has 1 aromatic heterocycles. The Morgan fingerprint density at radius 1 is 1.25 bits per heavy atom. The third-order valence-electron chi connectivity index (χ3n) is 2.85. The highest BCUT2D eigenvalue weighted by Gasteiger charge is 2.17. The van der Waals surface area contributed by atoms with Gasteiger partial charge in [-0.3, -0.25) is 0 Å². The first-order valence-electron chi connectivity index (χ1n) is 6.21. The van der Waals surface area contributed by atoms with Crippen LogP contribution in [0.5, 0.6) is 0 Å². The molecule has 0 aliphatic heterocycles. The first-order chi connectivity index (χ1) is 7.72. The molecule has 0 saturated carbocycles. The lowest BCUT2D eigenvalue weighted by atomic mass is 10.1. The van der Waals surface area contributed by atoms with Gasteiger partial charge in [-0.1, -0.05) is 32.9 Å². The largest absolute Gasteiger partial charge is 0.255 e. The maximum absolute atomic E-state index is 3.54. The second-order valence-corrected chi connectivity index (χ2v) is 4.84. The van der Waals surface area contributed by atoms with Crippen LogP contribution in [0.1, 0.15) is 33.0 Å². The van der Waals surface area contributed by atoms with E-state index in [0.29, 0.717) is 5.92 Å². The van der Waals surface area contributed by atoms with Gasteiger partial charge in [-0.25, -0.2) is 9.55 Å². The van der Waals surface area contributed by atoms with Crippen LogP contribution in [0.4, 0.5) is 0 Å². The molecule has 0 amide bonds. The van der Waals surface area contributed by atoms with Crippen LogP contribution in [0.25, 0.3) is 11.0 Å². The molecule has 0 bridgehead atoms. The fraction of sp³-hybridized carbons (Fsp3) is 0.500. The van der Waals surface area contributed by atoms with Crippen LogP contribution < -0.4 is 4.57 Å². The van der Waals surface area contributed by atoms with Crippen molar-refractivity contribution in [1.82, 2.24) is 4.98 Å². The molecule has 2 rings (SSSR count). The van der Waals surface area contributed by atoms with Crippen LogP contribution in [-0.4, -0.2) is 4.98 Å². The summed E-state index contributed by atoms with van der Waals surface area (Å²) < 4.78 is 2.43. The van der Waals surface area contributed by atoms with E-state index in [4.69, 9.17) is 0 Å². The molecular formula is C14H21N2+. The maximum Gasteiger partial charge on any atom is 0.255 e. The Morgan fingerprint density at radius 2 is 2.00 bits per heavy atom. The number of aryl methyl sites for hydroxylation is 1. The quantitative estimate of drug-likeness (QED) is 0.759. The van der Waals surface area contributed by atoms with E-state index in [0.717, 1.165) is 13.0 Å². The fourth-order valence-electron chi connectivity index (χ4n) is 2.21. The molecule has 2 heteroatoms. The minimum atomic E-state index is 0.691. The predicted octanol–water partition coefficient (Wildman–Crippen LogP) is 3.06. The number of hydrogen-bond acceptors (Lipinski definition) is 0. The molecule has 0 radical (unpaired) electrons. The van der Waals surface area contributed by atoms with Gasteiger partial charge in [0.05, 0.1) is 13.0 Å². The monoisotopic (exact) mass is 217 g/mol. The topological polar surface area (TPSA) is 19.7 Å². The molecule has 0 aliphatic rings. The molecule has 0 aliphatic carbocycles. The zero-order valence-electron chi connectivity index (χ0n) is 10.5. The summed E-state index contributed by atoms with van der Waals surface area (Å²) in [5.74, 6) is 2.05. The fourth-order valence-corrected chi connectivity index (χ4v) is 2.21. The number of fused-ring (bicyclic) bond motifs is 1. The summed E-state index contributed by atoms with van der Waals surface area (Å²) in [6.45, 7) is 7.86. The van der Waals surface area contributed by atoms with Crippen LogP contribution in [0.2, 0.25) is 0 Å². The number of aromatic nitrogens is 2. The molecule has 0 atom stereocenters. The zero-order chi connectivity index (χ0) is 11.5. The molecule has 1 heterocycles. The lowest BCUT2D eigenvalue weighted by Gasteiger charge is -2.02. The van der Waals surface area contributed by atoms with E-state index >= 15 is 0 Å². The van der Waals surface area contributed by atoms with Crippen molar-refractivity contribution in [1.29, 1.82) is 0 Å². The van der Waals surface area contributed by atoms with Crippen LogP contribution in [0.15, 0.2) is 24.3 Å². The highest BCUT2D eigenvalue weighted by molar-refractivity contribution is 5.70. The van der Waals surface area contributed by atoms with Gasteiger partial charge in [-0.05, 0) is 24.5 Å². The lowest BCUT2D eigenvalue weighted by Crippen LogP contribution is -2.37. The number of benzene rings is 1. The minimum Gasteiger partial charge on any atom is -0.241 e. The van der Waals surface area contributed by atoms with Crippen molar-refractivity contribution in [2.45, 2.75) is 40.2 Å². The smallest absolute Gasteiger partial charge is 0.241 e. The van der Waals surface area contributed by atoms with Crippen molar-refractivity contribution in [2.75, 3.05) is 0 Å². The number of hydrogen-bond donors (Lipinski definition) is 1. The maximum atomic E-state index is 3.54. The summed E-state index contributed by atoms with van der Waals surface area (Å²) in [5.41, 5.74) is 2.59. The average Bonchev–Trinajstić information content (AvgIpc) is 2.57. The van der Waals surface area contributed by atoms with Crippen molar-refractivity contribution in [3.05, 3.63) is 30.1 Å². The second-order valence-electron chi connectivity index (χ2n) is 4.84. The number of para-hydroxylation sites is 2. The lowest BCUT2D eigenvalue weighted by molar-refractivity contribution is -0.679. The number of rotatable bonds is 4. The second kappa shape index (κ2) is 4.69. The van der Waals surface area contributed by atoms with Gasteiger partial charge in [0.15, 0.2) is 11.0 Å². The number of aromatic amines is 1. The Labute approximate surface area is 97.3 Å². The summed E-state index contributed by atoms with van der Waals surface area (Å²) in [4.78, 5) is 3.54. The van der Waals surface area contributed by atoms with E-state index in [1.165, 1.54) is 23.3 Å². The first-order valence-corrected chi connectivity index (χ1v) is 6.21. The van der Waals surface area contributed by atoms with Crippen molar-refractivity contribution in [2.24, 2.45) is 5.92 Å². The summed E-state index contributed by atoms with van der Waals surface area (Å²) in [7, 11) is 0. The molecule has 16 heavy (non-hydrogen) atoms. The Hall–Kier alpha value is -1.31. The normalized spacial score (nSPS) is 11.5. The molecule has 1 N–H and O–H groups in total. The SMILES string of the molecule is CCC[n+]1c(CC(C)C)[nH]c2ccccc21. The summed E-state index contributed by atoms with van der Waals surface area (Å²) in [5, 5.41) is 0. The number of nitrogens with zero attached hydrogens (tertiary/aromatic N) is 1. The van der Waals surface area contributed by atoms with Gasteiger partial charge < -0.3 is 0 Å². The van der Waals surface area contributed by atoms with Crippen LogP contribution >= 0.6 is 0 Å². The van der Waals surface area contributed by atoms with Gasteiger partial charge >= 0.3 is 0 Å². The third kappa shape index (κ3) is 2.11. The zero-order valence-corrected chi connectivity index (χ0v) is 10.5. The summed E-state index contributed by atoms with van der Waals surface area (Å²) in [6, 6.07) is 8.56. The predicted molar refractivity (Wildman–Crippen MR) is 67.3 cm³/mol. The van der Waals surface area contributed by atoms with Crippen molar-refractivity contribution in [3.63, 3.8) is 0 Å².